The third kappa shape index (κ3) is 6.80. The Morgan fingerprint density at radius 1 is 0.862 bits per heavy atom. The van der Waals surface area contributed by atoms with E-state index in [1.807, 2.05) is 0 Å². The molecule has 19 heteroatoms. The predicted octanol–water partition coefficient (Wildman–Crippen LogP) is -0.645. The standard InChI is InChI=1S/C10H10F12O5S.K/c11-5(12)7(15,16)9(19,20)10(21,22)8(17,18)6(13,14)3-27-1-4(23)2-28(24,25)26;/h4-5,23H,1-3H2,(H,24,25,26);/q;+1/p-1. The van der Waals surface area contributed by atoms with Gasteiger partial charge in [0.15, 0.2) is 0 Å². The Morgan fingerprint density at radius 2 is 1.28 bits per heavy atom. The first-order chi connectivity index (χ1) is 12.0. The van der Waals surface area contributed by atoms with Crippen molar-refractivity contribution < 1.29 is 127 Å². The van der Waals surface area contributed by atoms with Crippen LogP contribution in [-0.2, 0) is 14.9 Å². The third-order valence-corrected chi connectivity index (χ3v) is 3.72. The summed E-state index contributed by atoms with van der Waals surface area (Å²) in [5.41, 5.74) is 0. The second-order valence-corrected chi connectivity index (χ2v) is 6.69. The fourth-order valence-corrected chi connectivity index (χ4v) is 2.04. The molecule has 170 valence electrons. The van der Waals surface area contributed by atoms with Gasteiger partial charge in [0.2, 0.25) is 0 Å². The normalized spacial score (nSPS) is 16.0. The molecule has 29 heavy (non-hydrogen) atoms. The van der Waals surface area contributed by atoms with Crippen LogP contribution < -0.4 is 51.4 Å². The molecule has 0 saturated heterocycles. The molecular formula is C10H9F12KO5S. The Kier molecular flexibility index (Phi) is 11.0. The van der Waals surface area contributed by atoms with E-state index in [-0.39, 0.29) is 51.4 Å². The molecule has 0 radical (unpaired) electrons. The molecule has 0 rings (SSSR count). The molecule has 0 fully saturated rings. The van der Waals surface area contributed by atoms with Crippen molar-refractivity contribution in [2.75, 3.05) is 19.0 Å². The van der Waals surface area contributed by atoms with Gasteiger partial charge in [-0.05, 0) is 0 Å². The van der Waals surface area contributed by atoms with Crippen LogP contribution in [0.2, 0.25) is 0 Å². The largest absolute Gasteiger partial charge is 1.00 e. The van der Waals surface area contributed by atoms with E-state index in [9.17, 15) is 65.7 Å². The number of aliphatic hydroxyl groups excluding tert-OH is 1. The summed E-state index contributed by atoms with van der Waals surface area (Å²) in [5.74, 6) is -38.0. The topological polar surface area (TPSA) is 86.7 Å². The molecule has 1 unspecified atom stereocenters. The van der Waals surface area contributed by atoms with Crippen molar-refractivity contribution in [3.05, 3.63) is 0 Å². The third-order valence-electron chi connectivity index (χ3n) is 2.93. The van der Waals surface area contributed by atoms with Crippen LogP contribution in [0.3, 0.4) is 0 Å². The Morgan fingerprint density at radius 3 is 1.62 bits per heavy atom. The van der Waals surface area contributed by atoms with Crippen molar-refractivity contribution in [3.63, 3.8) is 0 Å². The molecule has 0 bridgehead atoms. The second-order valence-electron chi connectivity index (χ2n) is 5.24. The van der Waals surface area contributed by atoms with Gasteiger partial charge in [0.1, 0.15) is 6.61 Å². The quantitative estimate of drug-likeness (QED) is 0.228. The number of ether oxygens (including phenoxy) is 1. The molecule has 1 atom stereocenters. The van der Waals surface area contributed by atoms with Crippen LogP contribution in [0.25, 0.3) is 0 Å². The number of halogens is 12. The first-order valence-corrected chi connectivity index (χ1v) is 7.99. The van der Waals surface area contributed by atoms with E-state index in [4.69, 9.17) is 5.11 Å². The monoisotopic (exact) mass is 508 g/mol. The number of aliphatic hydroxyl groups is 1. The molecule has 0 aliphatic rings. The van der Waals surface area contributed by atoms with Crippen molar-refractivity contribution in [2.45, 2.75) is 42.1 Å². The number of hydrogen-bond acceptors (Lipinski definition) is 5. The summed E-state index contributed by atoms with van der Waals surface area (Å²) in [7, 11) is -5.17. The Labute approximate surface area is 196 Å². The van der Waals surface area contributed by atoms with Crippen molar-refractivity contribution in [1.82, 2.24) is 0 Å². The van der Waals surface area contributed by atoms with Crippen molar-refractivity contribution in [1.29, 1.82) is 0 Å². The van der Waals surface area contributed by atoms with E-state index in [0.717, 1.165) is 0 Å². The molecule has 0 aromatic rings. The average Bonchev–Trinajstić information content (AvgIpc) is 2.43. The van der Waals surface area contributed by atoms with Crippen molar-refractivity contribution in [3.8, 4) is 0 Å². The number of hydrogen-bond donors (Lipinski definition) is 1. The molecule has 0 aliphatic carbocycles. The molecule has 0 aromatic heterocycles. The fraction of sp³-hybridized carbons (Fsp3) is 1.00. The van der Waals surface area contributed by atoms with E-state index >= 15 is 0 Å². The summed E-state index contributed by atoms with van der Waals surface area (Å²) >= 11 is 0. The number of rotatable bonds is 11. The van der Waals surface area contributed by atoms with Gasteiger partial charge in [-0.1, -0.05) is 0 Å². The van der Waals surface area contributed by atoms with Gasteiger partial charge in [-0.15, -0.1) is 0 Å². The van der Waals surface area contributed by atoms with E-state index in [1.54, 1.807) is 0 Å². The molecule has 0 heterocycles. The smallest absolute Gasteiger partial charge is 0.748 e. The molecule has 0 saturated carbocycles. The van der Waals surface area contributed by atoms with Gasteiger partial charge in [-0.3, -0.25) is 0 Å². The van der Waals surface area contributed by atoms with Crippen LogP contribution in [0.5, 0.6) is 0 Å². The van der Waals surface area contributed by atoms with E-state index < -0.39 is 71.2 Å². The van der Waals surface area contributed by atoms with Crippen LogP contribution in [0.4, 0.5) is 52.7 Å². The van der Waals surface area contributed by atoms with Crippen molar-refractivity contribution >= 4 is 10.1 Å². The molecule has 0 amide bonds. The maximum absolute atomic E-state index is 13.2. The van der Waals surface area contributed by atoms with Gasteiger partial charge in [0, 0.05) is 0 Å². The van der Waals surface area contributed by atoms with E-state index in [2.05, 4.69) is 4.74 Å². The maximum atomic E-state index is 13.2. The van der Waals surface area contributed by atoms with Gasteiger partial charge < -0.3 is 14.4 Å². The Bertz CT molecular complexity index is 641. The van der Waals surface area contributed by atoms with Crippen LogP contribution in [0, 0.1) is 0 Å². The second kappa shape index (κ2) is 10.0. The van der Waals surface area contributed by atoms with Crippen molar-refractivity contribution in [2.24, 2.45) is 0 Å². The van der Waals surface area contributed by atoms with Crippen LogP contribution >= 0.6 is 0 Å². The summed E-state index contributed by atoms with van der Waals surface area (Å²) in [4.78, 5) is 0. The molecule has 0 aliphatic heterocycles. The first kappa shape index (κ1) is 31.8. The van der Waals surface area contributed by atoms with Gasteiger partial charge in [-0.25, -0.2) is 17.2 Å². The van der Waals surface area contributed by atoms with E-state index in [1.165, 1.54) is 0 Å². The SMILES string of the molecule is O=S(=O)([O-])CC(O)COCC(F)(F)C(F)(F)C(F)(F)C(F)(F)C(F)(F)C(F)F.[K+]. The fourth-order valence-electron chi connectivity index (χ4n) is 1.47. The minimum absolute atomic E-state index is 0. The first-order valence-electron chi connectivity index (χ1n) is 6.41. The molecule has 5 nitrogen and oxygen atoms in total. The minimum Gasteiger partial charge on any atom is -0.748 e. The predicted molar refractivity (Wildman–Crippen MR) is 62.1 cm³/mol. The van der Waals surface area contributed by atoms with Gasteiger partial charge in [-0.2, -0.15) is 43.9 Å². The number of alkyl halides is 12. The van der Waals surface area contributed by atoms with Crippen LogP contribution in [0.1, 0.15) is 0 Å². The summed E-state index contributed by atoms with van der Waals surface area (Å²) in [6.45, 7) is -4.65. The van der Waals surface area contributed by atoms with Crippen LogP contribution in [0.15, 0.2) is 0 Å². The summed E-state index contributed by atoms with van der Waals surface area (Å²) < 4.78 is 188. The molecular weight excluding hydrogens is 499 g/mol. The summed E-state index contributed by atoms with van der Waals surface area (Å²) in [6, 6.07) is 0. The van der Waals surface area contributed by atoms with Crippen LogP contribution in [-0.4, -0.2) is 79.2 Å². The molecule has 0 aromatic carbocycles. The summed E-state index contributed by atoms with van der Waals surface area (Å²) in [6.07, 6.45) is -8.06. The van der Waals surface area contributed by atoms with Gasteiger partial charge in [0.05, 0.1) is 28.6 Å². The molecule has 1 N–H and O–H groups in total. The minimum atomic E-state index is -7.72. The van der Waals surface area contributed by atoms with Gasteiger partial charge in [0.25, 0.3) is 0 Å². The zero-order chi connectivity index (χ0) is 23.0. The maximum Gasteiger partial charge on any atom is 1.00 e. The Balaban J connectivity index is 0. The molecule has 0 spiro atoms. The Hall–Kier alpha value is 0.626. The summed E-state index contributed by atoms with van der Waals surface area (Å²) in [5, 5.41) is 8.85. The van der Waals surface area contributed by atoms with Gasteiger partial charge >= 0.3 is 87.4 Å². The van der Waals surface area contributed by atoms with E-state index in [0.29, 0.717) is 0 Å². The average molecular weight is 508 g/mol. The zero-order valence-electron chi connectivity index (χ0n) is 13.8. The zero-order valence-corrected chi connectivity index (χ0v) is 17.7.